The van der Waals surface area contributed by atoms with Crippen molar-refractivity contribution in [2.24, 2.45) is 5.92 Å². The number of aliphatic hydroxyl groups excluding tert-OH is 1. The summed E-state index contributed by atoms with van der Waals surface area (Å²) in [5.41, 5.74) is 2.43. The molecule has 0 aliphatic heterocycles. The predicted molar refractivity (Wildman–Crippen MR) is 125 cm³/mol. The monoisotopic (exact) mass is 476 g/mol. The van der Waals surface area contributed by atoms with Crippen LogP contribution in [-0.2, 0) is 20.6 Å². The van der Waals surface area contributed by atoms with Crippen molar-refractivity contribution in [1.29, 1.82) is 0 Å². The molecule has 9 heteroatoms. The van der Waals surface area contributed by atoms with E-state index in [4.69, 9.17) is 4.42 Å². The summed E-state index contributed by atoms with van der Waals surface area (Å²) >= 11 is 1.43. The summed E-state index contributed by atoms with van der Waals surface area (Å²) < 4.78 is 33.0. The van der Waals surface area contributed by atoms with E-state index < -0.39 is 28.0 Å². The molecule has 0 bridgehead atoms. The van der Waals surface area contributed by atoms with Crippen LogP contribution < -0.4 is 0 Å². The van der Waals surface area contributed by atoms with Gasteiger partial charge in [0.05, 0.1) is 10.9 Å². The molecule has 1 N–H and O–H groups in total. The number of sulfonamides is 1. The summed E-state index contributed by atoms with van der Waals surface area (Å²) in [5, 5.41) is 10.3. The predicted octanol–water partition coefficient (Wildman–Crippen LogP) is 4.11. The molecule has 7 nitrogen and oxygen atoms in total. The van der Waals surface area contributed by atoms with E-state index in [9.17, 15) is 18.3 Å². The standard InChI is InChI=1S/C23H28N2O5S2/c1-15(2)13-20(22(27)16(3)26)25(4)32(28,29)18-11-9-17(10-12-18)14-31-23-24-19-7-5-6-8-21(19)30-23/h5-12,15-16,20,26H,13-14H2,1-4H3/t16?,20-/m0/s1. The fourth-order valence-corrected chi connectivity index (χ4v) is 5.45. The number of oxazole rings is 1. The third-order valence-corrected chi connectivity index (χ3v) is 7.89. The summed E-state index contributed by atoms with van der Waals surface area (Å²) in [6, 6.07) is 13.2. The Hall–Kier alpha value is -2.20. The third-order valence-electron chi connectivity index (χ3n) is 5.11. The molecule has 0 aliphatic carbocycles. The molecule has 1 aromatic heterocycles. The number of para-hydroxylation sites is 2. The molecule has 0 aliphatic rings. The molecule has 0 radical (unpaired) electrons. The molecule has 0 spiro atoms. The van der Waals surface area contributed by atoms with Crippen molar-refractivity contribution >= 4 is 38.7 Å². The highest BCUT2D eigenvalue weighted by Crippen LogP contribution is 2.27. The Kier molecular flexibility index (Phi) is 7.76. The number of likely N-dealkylation sites (N-methyl/N-ethyl adjacent to an activating group) is 1. The van der Waals surface area contributed by atoms with Gasteiger partial charge < -0.3 is 9.52 Å². The largest absolute Gasteiger partial charge is 0.431 e. The first-order chi connectivity index (χ1) is 15.1. The quantitative estimate of drug-likeness (QED) is 0.440. The van der Waals surface area contributed by atoms with Crippen LogP contribution in [0.25, 0.3) is 11.1 Å². The Morgan fingerprint density at radius 3 is 2.38 bits per heavy atom. The van der Waals surface area contributed by atoms with Crippen LogP contribution in [0.1, 0.15) is 32.8 Å². The Labute approximate surface area is 192 Å². The average molecular weight is 477 g/mol. The third kappa shape index (κ3) is 5.58. The van der Waals surface area contributed by atoms with Crippen molar-refractivity contribution in [3.63, 3.8) is 0 Å². The van der Waals surface area contributed by atoms with Gasteiger partial charge in [0.1, 0.15) is 11.6 Å². The smallest absolute Gasteiger partial charge is 0.257 e. The van der Waals surface area contributed by atoms with E-state index in [2.05, 4.69) is 4.98 Å². The van der Waals surface area contributed by atoms with Crippen molar-refractivity contribution in [1.82, 2.24) is 9.29 Å². The van der Waals surface area contributed by atoms with Gasteiger partial charge in [-0.25, -0.2) is 13.4 Å². The molecule has 1 unspecified atom stereocenters. The van der Waals surface area contributed by atoms with Gasteiger partial charge in [0.15, 0.2) is 11.4 Å². The van der Waals surface area contributed by atoms with Gasteiger partial charge in [-0.1, -0.05) is 49.9 Å². The van der Waals surface area contributed by atoms with Gasteiger partial charge in [-0.2, -0.15) is 4.31 Å². The van der Waals surface area contributed by atoms with E-state index in [-0.39, 0.29) is 10.8 Å². The van der Waals surface area contributed by atoms with E-state index in [1.165, 1.54) is 37.9 Å². The van der Waals surface area contributed by atoms with Crippen LogP contribution in [0.5, 0.6) is 0 Å². The fourth-order valence-electron chi connectivity index (χ4n) is 3.32. The summed E-state index contributed by atoms with van der Waals surface area (Å²) in [7, 11) is -2.51. The zero-order valence-electron chi connectivity index (χ0n) is 18.6. The van der Waals surface area contributed by atoms with Crippen LogP contribution in [0.2, 0.25) is 0 Å². The molecule has 0 saturated carbocycles. The molecule has 2 atom stereocenters. The molecule has 172 valence electrons. The lowest BCUT2D eigenvalue weighted by Crippen LogP contribution is -2.46. The number of Topliss-reactive ketones (excluding diaryl/α,β-unsaturated/α-hetero) is 1. The van der Waals surface area contributed by atoms with Crippen LogP contribution >= 0.6 is 11.8 Å². The summed E-state index contributed by atoms with van der Waals surface area (Å²) in [4.78, 5) is 17.0. The second-order valence-corrected chi connectivity index (χ2v) is 11.0. The zero-order chi connectivity index (χ0) is 23.5. The first-order valence-corrected chi connectivity index (χ1v) is 12.8. The van der Waals surface area contributed by atoms with E-state index in [0.29, 0.717) is 17.4 Å². The molecular weight excluding hydrogens is 448 g/mol. The van der Waals surface area contributed by atoms with Gasteiger partial charge in [0, 0.05) is 12.8 Å². The average Bonchev–Trinajstić information content (AvgIpc) is 3.18. The second kappa shape index (κ2) is 10.2. The summed E-state index contributed by atoms with van der Waals surface area (Å²) in [6.07, 6.45) is -0.902. The Balaban J connectivity index is 1.73. The van der Waals surface area contributed by atoms with Gasteiger partial charge in [-0.15, -0.1) is 0 Å². The number of carbonyl (C=O) groups excluding carboxylic acids is 1. The van der Waals surface area contributed by atoms with E-state index in [0.717, 1.165) is 21.0 Å². The molecule has 1 heterocycles. The zero-order valence-corrected chi connectivity index (χ0v) is 20.2. The van der Waals surface area contributed by atoms with Gasteiger partial charge in [-0.05, 0) is 49.1 Å². The van der Waals surface area contributed by atoms with Crippen molar-refractivity contribution in [3.8, 4) is 0 Å². The molecular formula is C23H28N2O5S2. The van der Waals surface area contributed by atoms with Crippen LogP contribution in [0.4, 0.5) is 0 Å². The van der Waals surface area contributed by atoms with Gasteiger partial charge in [-0.3, -0.25) is 4.79 Å². The number of rotatable bonds is 10. The molecule has 32 heavy (non-hydrogen) atoms. The molecule has 0 fully saturated rings. The Bertz CT molecular complexity index is 1140. The number of ketones is 1. The van der Waals surface area contributed by atoms with Crippen molar-refractivity contribution in [3.05, 3.63) is 54.1 Å². The van der Waals surface area contributed by atoms with Crippen molar-refractivity contribution < 1.29 is 22.7 Å². The van der Waals surface area contributed by atoms with E-state index >= 15 is 0 Å². The van der Waals surface area contributed by atoms with Gasteiger partial charge >= 0.3 is 0 Å². The number of aromatic nitrogens is 1. The highest BCUT2D eigenvalue weighted by atomic mass is 32.2. The first-order valence-electron chi connectivity index (χ1n) is 10.4. The van der Waals surface area contributed by atoms with Crippen LogP contribution in [-0.4, -0.2) is 47.8 Å². The van der Waals surface area contributed by atoms with Crippen LogP contribution in [0.15, 0.2) is 63.1 Å². The van der Waals surface area contributed by atoms with E-state index in [1.807, 2.05) is 38.1 Å². The van der Waals surface area contributed by atoms with Gasteiger partial charge in [0.25, 0.3) is 5.22 Å². The number of fused-ring (bicyclic) bond motifs is 1. The summed E-state index contributed by atoms with van der Waals surface area (Å²) in [6.45, 7) is 5.18. The van der Waals surface area contributed by atoms with E-state index in [1.54, 1.807) is 12.1 Å². The highest BCUT2D eigenvalue weighted by molar-refractivity contribution is 7.98. The van der Waals surface area contributed by atoms with Gasteiger partial charge in [0.2, 0.25) is 10.0 Å². The normalized spacial score (nSPS) is 14.2. The number of thioether (sulfide) groups is 1. The minimum absolute atomic E-state index is 0.0895. The molecule has 0 amide bonds. The minimum atomic E-state index is -3.90. The topological polar surface area (TPSA) is 101 Å². The van der Waals surface area contributed by atoms with Crippen molar-refractivity contribution in [2.45, 2.75) is 55.2 Å². The van der Waals surface area contributed by atoms with Crippen LogP contribution in [0.3, 0.4) is 0 Å². The molecule has 2 aromatic carbocycles. The minimum Gasteiger partial charge on any atom is -0.431 e. The van der Waals surface area contributed by atoms with Crippen molar-refractivity contribution in [2.75, 3.05) is 7.05 Å². The molecule has 3 rings (SSSR count). The summed E-state index contributed by atoms with van der Waals surface area (Å²) in [5.74, 6) is 0.155. The number of benzene rings is 2. The Morgan fingerprint density at radius 1 is 1.12 bits per heavy atom. The molecule has 0 saturated heterocycles. The molecule has 3 aromatic rings. The first kappa shape index (κ1) is 24.4. The number of hydrogen-bond acceptors (Lipinski definition) is 7. The highest BCUT2D eigenvalue weighted by Gasteiger charge is 2.34. The lowest BCUT2D eigenvalue weighted by atomic mass is 9.98. The lowest BCUT2D eigenvalue weighted by molar-refractivity contribution is -0.130. The SMILES string of the molecule is CC(C)C[C@@H](C(=O)C(C)O)N(C)S(=O)(=O)c1ccc(CSc2nc3ccccc3o2)cc1. The number of hydrogen-bond donors (Lipinski definition) is 1. The Morgan fingerprint density at radius 2 is 1.78 bits per heavy atom. The van der Waals surface area contributed by atoms with Crippen LogP contribution in [0, 0.1) is 5.92 Å². The number of nitrogens with zero attached hydrogens (tertiary/aromatic N) is 2. The maximum absolute atomic E-state index is 13.1. The number of carbonyl (C=O) groups is 1. The maximum atomic E-state index is 13.1. The second-order valence-electron chi connectivity index (χ2n) is 8.13. The number of aliphatic hydroxyl groups is 1. The maximum Gasteiger partial charge on any atom is 0.257 e. The fraction of sp³-hybridized carbons (Fsp3) is 0.391. The lowest BCUT2D eigenvalue weighted by Gasteiger charge is -2.28.